The van der Waals surface area contributed by atoms with E-state index in [1.165, 1.54) is 70.6 Å². The van der Waals surface area contributed by atoms with Gasteiger partial charge in [-0.1, -0.05) is 66.7 Å². The Labute approximate surface area is 174 Å². The van der Waals surface area contributed by atoms with Crippen LogP contribution in [0.5, 0.6) is 0 Å². The first kappa shape index (κ1) is 20.9. The summed E-state index contributed by atoms with van der Waals surface area (Å²) >= 11 is 0. The summed E-state index contributed by atoms with van der Waals surface area (Å²) in [5, 5.41) is 0. The lowest BCUT2D eigenvalue weighted by Gasteiger charge is -2.59. The van der Waals surface area contributed by atoms with E-state index in [-0.39, 0.29) is 0 Å². The highest BCUT2D eigenvalue weighted by atomic mass is 16.1. The van der Waals surface area contributed by atoms with E-state index in [0.717, 1.165) is 36.0 Å². The summed E-state index contributed by atoms with van der Waals surface area (Å²) in [7, 11) is 0. The number of hydrogen-bond donors (Lipinski definition) is 0. The zero-order valence-corrected chi connectivity index (χ0v) is 19.4. The fourth-order valence-corrected chi connectivity index (χ4v) is 9.13. The van der Waals surface area contributed by atoms with E-state index in [9.17, 15) is 4.79 Å². The summed E-state index contributed by atoms with van der Waals surface area (Å²) in [5.74, 6) is 5.85. The molecule has 160 valence electrons. The lowest BCUT2D eigenvalue weighted by Crippen LogP contribution is -2.57. The van der Waals surface area contributed by atoms with Crippen molar-refractivity contribution in [3.63, 3.8) is 0 Å². The smallest absolute Gasteiger partial charge is 0.137 e. The summed E-state index contributed by atoms with van der Waals surface area (Å²) in [5.41, 5.74) is 0.633. The maximum Gasteiger partial charge on any atom is 0.137 e. The van der Waals surface area contributed by atoms with Crippen molar-refractivity contribution in [1.82, 2.24) is 0 Å². The van der Waals surface area contributed by atoms with Crippen molar-refractivity contribution in [2.45, 2.75) is 112 Å². The predicted octanol–water partition coefficient (Wildman–Crippen LogP) is 7.68. The Kier molecular flexibility index (Phi) is 5.78. The SMILES string of the molecule is CC(C)CCC[C@@H](C)[C@H]1CC[C@H]2[C@@H]3CCC4CCCC[C@]4(C)[C@H]3C(=O)C[C@]12C. The van der Waals surface area contributed by atoms with Crippen molar-refractivity contribution in [1.29, 1.82) is 0 Å². The highest BCUT2D eigenvalue weighted by Gasteiger charge is 2.63. The van der Waals surface area contributed by atoms with Crippen LogP contribution in [-0.2, 0) is 4.79 Å². The molecular weight excluding hydrogens is 340 g/mol. The second-order valence-electron chi connectivity index (χ2n) is 12.4. The lowest BCUT2D eigenvalue weighted by atomic mass is 9.44. The van der Waals surface area contributed by atoms with Crippen LogP contribution in [0, 0.1) is 52.3 Å². The fraction of sp³-hybridized carbons (Fsp3) is 0.963. The van der Waals surface area contributed by atoms with Crippen molar-refractivity contribution >= 4 is 5.78 Å². The number of fused-ring (bicyclic) bond motifs is 5. The molecule has 0 heterocycles. The molecule has 0 aromatic heterocycles. The Morgan fingerprint density at radius 2 is 1.71 bits per heavy atom. The van der Waals surface area contributed by atoms with Gasteiger partial charge in [-0.05, 0) is 84.9 Å². The van der Waals surface area contributed by atoms with Crippen molar-refractivity contribution in [2.75, 3.05) is 0 Å². The second-order valence-corrected chi connectivity index (χ2v) is 12.4. The normalized spacial score (nSPS) is 46.8. The van der Waals surface area contributed by atoms with Crippen LogP contribution in [0.3, 0.4) is 0 Å². The third-order valence-corrected chi connectivity index (χ3v) is 10.5. The molecule has 4 aliphatic carbocycles. The van der Waals surface area contributed by atoms with E-state index < -0.39 is 0 Å². The van der Waals surface area contributed by atoms with Crippen molar-refractivity contribution in [3.8, 4) is 0 Å². The van der Waals surface area contributed by atoms with E-state index in [1.54, 1.807) is 0 Å². The van der Waals surface area contributed by atoms with Gasteiger partial charge >= 0.3 is 0 Å². The van der Waals surface area contributed by atoms with Gasteiger partial charge in [0.25, 0.3) is 0 Å². The van der Waals surface area contributed by atoms with Gasteiger partial charge in [-0.2, -0.15) is 0 Å². The van der Waals surface area contributed by atoms with Gasteiger partial charge < -0.3 is 0 Å². The Balaban J connectivity index is 1.52. The van der Waals surface area contributed by atoms with Gasteiger partial charge in [-0.3, -0.25) is 4.79 Å². The zero-order chi connectivity index (χ0) is 20.1. The lowest BCUT2D eigenvalue weighted by molar-refractivity contribution is -0.158. The van der Waals surface area contributed by atoms with Gasteiger partial charge in [0, 0.05) is 12.3 Å². The van der Waals surface area contributed by atoms with Crippen molar-refractivity contribution in [2.24, 2.45) is 52.3 Å². The van der Waals surface area contributed by atoms with Crippen LogP contribution in [-0.4, -0.2) is 5.78 Å². The molecular formula is C27H46O. The van der Waals surface area contributed by atoms with Crippen LogP contribution in [0.2, 0.25) is 0 Å². The molecule has 0 saturated heterocycles. The van der Waals surface area contributed by atoms with Crippen LogP contribution in [0.1, 0.15) is 112 Å². The first-order valence-electron chi connectivity index (χ1n) is 12.8. The van der Waals surface area contributed by atoms with Gasteiger partial charge in [0.05, 0.1) is 0 Å². The van der Waals surface area contributed by atoms with Crippen molar-refractivity contribution in [3.05, 3.63) is 0 Å². The second kappa shape index (κ2) is 7.73. The zero-order valence-electron chi connectivity index (χ0n) is 19.4. The molecule has 0 aliphatic heterocycles. The minimum atomic E-state index is 0.299. The summed E-state index contributed by atoms with van der Waals surface area (Å²) < 4.78 is 0. The van der Waals surface area contributed by atoms with Gasteiger partial charge in [-0.15, -0.1) is 0 Å². The Morgan fingerprint density at radius 1 is 0.929 bits per heavy atom. The van der Waals surface area contributed by atoms with Crippen LogP contribution in [0.4, 0.5) is 0 Å². The standard InChI is InChI=1S/C27H46O/c1-18(2)9-8-10-19(3)22-14-15-23-21-13-12-20-11-6-7-16-26(20,4)25(21)24(28)17-27(22,23)5/h18-23,25H,6-17H2,1-5H3/t19-,20?,21+,22-,23+,25-,26+,27-/m1/s1. The minimum Gasteiger partial charge on any atom is -0.299 e. The predicted molar refractivity (Wildman–Crippen MR) is 118 cm³/mol. The molecule has 4 aliphatic rings. The van der Waals surface area contributed by atoms with E-state index in [2.05, 4.69) is 34.6 Å². The molecule has 1 nitrogen and oxygen atoms in total. The van der Waals surface area contributed by atoms with Gasteiger partial charge in [0.15, 0.2) is 0 Å². The molecule has 0 aromatic rings. The number of ketones is 1. The first-order valence-corrected chi connectivity index (χ1v) is 12.8. The molecule has 4 saturated carbocycles. The molecule has 0 spiro atoms. The summed E-state index contributed by atoms with van der Waals surface area (Å²) in [4.78, 5) is 13.7. The topological polar surface area (TPSA) is 17.1 Å². The average molecular weight is 387 g/mol. The monoisotopic (exact) mass is 386 g/mol. The Morgan fingerprint density at radius 3 is 2.46 bits per heavy atom. The van der Waals surface area contributed by atoms with Crippen LogP contribution in [0.25, 0.3) is 0 Å². The molecule has 4 rings (SSSR count). The molecule has 0 amide bonds. The number of Topliss-reactive ketones (excluding diaryl/α,β-unsaturated/α-hetero) is 1. The summed E-state index contributed by atoms with van der Waals surface area (Å²) in [6, 6.07) is 0. The van der Waals surface area contributed by atoms with Gasteiger partial charge in [0.1, 0.15) is 5.78 Å². The maximum atomic E-state index is 13.7. The van der Waals surface area contributed by atoms with E-state index in [4.69, 9.17) is 0 Å². The number of rotatable bonds is 5. The molecule has 4 fully saturated rings. The highest BCUT2D eigenvalue weighted by molar-refractivity contribution is 5.84. The quantitative estimate of drug-likeness (QED) is 0.473. The minimum absolute atomic E-state index is 0.299. The largest absolute Gasteiger partial charge is 0.299 e. The molecule has 0 radical (unpaired) electrons. The Bertz CT molecular complexity index is 579. The van der Waals surface area contributed by atoms with Crippen LogP contribution < -0.4 is 0 Å². The first-order chi connectivity index (χ1) is 13.3. The van der Waals surface area contributed by atoms with Gasteiger partial charge in [0.2, 0.25) is 0 Å². The molecule has 1 heteroatoms. The molecule has 0 bridgehead atoms. The molecule has 1 unspecified atom stereocenters. The molecule has 0 aromatic carbocycles. The number of carbonyl (C=O) groups is 1. The number of hydrogen-bond acceptors (Lipinski definition) is 1. The molecule has 8 atom stereocenters. The third-order valence-electron chi connectivity index (χ3n) is 10.5. The van der Waals surface area contributed by atoms with Crippen molar-refractivity contribution < 1.29 is 4.79 Å². The van der Waals surface area contributed by atoms with E-state index in [0.29, 0.717) is 28.4 Å². The Hall–Kier alpha value is -0.330. The van der Waals surface area contributed by atoms with Gasteiger partial charge in [-0.25, -0.2) is 0 Å². The van der Waals surface area contributed by atoms with E-state index in [1.807, 2.05) is 0 Å². The highest BCUT2D eigenvalue weighted by Crippen LogP contribution is 2.67. The third kappa shape index (κ3) is 3.31. The summed E-state index contributed by atoms with van der Waals surface area (Å²) in [6.07, 6.45) is 16.0. The fourth-order valence-electron chi connectivity index (χ4n) is 9.13. The molecule has 0 N–H and O–H groups in total. The number of carbonyl (C=O) groups excluding carboxylic acids is 1. The average Bonchev–Trinajstić information content (AvgIpc) is 2.97. The van der Waals surface area contributed by atoms with Crippen LogP contribution in [0.15, 0.2) is 0 Å². The maximum absolute atomic E-state index is 13.7. The van der Waals surface area contributed by atoms with E-state index >= 15 is 0 Å². The molecule has 28 heavy (non-hydrogen) atoms. The van der Waals surface area contributed by atoms with Crippen LogP contribution >= 0.6 is 0 Å². The summed E-state index contributed by atoms with van der Waals surface area (Å²) in [6.45, 7) is 12.3.